The van der Waals surface area contributed by atoms with Crippen LogP contribution in [0.25, 0.3) is 0 Å². The predicted octanol–water partition coefficient (Wildman–Crippen LogP) is 1.45. The van der Waals surface area contributed by atoms with E-state index in [0.717, 1.165) is 19.6 Å². The zero-order valence-electron chi connectivity index (χ0n) is 9.48. The zero-order chi connectivity index (χ0) is 11.5. The van der Waals surface area contributed by atoms with E-state index in [9.17, 15) is 0 Å². The van der Waals surface area contributed by atoms with Gasteiger partial charge in [-0.15, -0.1) is 10.2 Å². The molecule has 16 heavy (non-hydrogen) atoms. The molecule has 1 aromatic heterocycles. The topological polar surface area (TPSA) is 51.1 Å². The zero-order valence-corrected chi connectivity index (χ0v) is 10.2. The van der Waals surface area contributed by atoms with E-state index in [0.29, 0.717) is 29.4 Å². The molecule has 0 spiro atoms. The molecular weight excluding hydrogens is 228 g/mol. The molecule has 0 bridgehead atoms. The summed E-state index contributed by atoms with van der Waals surface area (Å²) < 4.78 is 5.43. The summed E-state index contributed by atoms with van der Waals surface area (Å²) in [5.41, 5.74) is 0.712. The van der Waals surface area contributed by atoms with E-state index in [-0.39, 0.29) is 0 Å². The molecule has 0 saturated carbocycles. The molecule has 1 aliphatic heterocycles. The van der Waals surface area contributed by atoms with E-state index in [1.54, 1.807) is 0 Å². The minimum atomic E-state index is 0.363. The Bertz CT molecular complexity index is 374. The summed E-state index contributed by atoms with van der Waals surface area (Å²) in [6.07, 6.45) is 0.977. The molecule has 0 radical (unpaired) electrons. The van der Waals surface area contributed by atoms with Crippen LogP contribution < -0.4 is 4.90 Å². The molecule has 1 saturated heterocycles. The molecule has 6 heteroatoms. The van der Waals surface area contributed by atoms with Crippen LogP contribution in [0.15, 0.2) is 0 Å². The van der Waals surface area contributed by atoms with Gasteiger partial charge in [0, 0.05) is 19.2 Å². The van der Waals surface area contributed by atoms with E-state index in [1.165, 1.54) is 0 Å². The minimum absolute atomic E-state index is 0.363. The maximum atomic E-state index is 5.81. The lowest BCUT2D eigenvalue weighted by Crippen LogP contribution is -2.35. The summed E-state index contributed by atoms with van der Waals surface area (Å²) in [5.74, 6) is 0.639. The average Bonchev–Trinajstić information content (AvgIpc) is 2.47. The van der Waals surface area contributed by atoms with Gasteiger partial charge in [-0.25, -0.2) is 4.98 Å². The number of hydrogen-bond donors (Lipinski definition) is 0. The highest BCUT2D eigenvalue weighted by Crippen LogP contribution is 2.17. The molecule has 0 unspecified atom stereocenters. The van der Waals surface area contributed by atoms with Gasteiger partial charge >= 0.3 is 0 Å². The largest absolute Gasteiger partial charge is 0.380 e. The fourth-order valence-electron chi connectivity index (χ4n) is 1.69. The molecule has 0 aromatic carbocycles. The Kier molecular flexibility index (Phi) is 3.56. The molecule has 2 heterocycles. The Morgan fingerprint density at radius 2 is 2.19 bits per heavy atom. The third-order valence-corrected chi connectivity index (χ3v) is 3.09. The molecule has 1 aromatic rings. The number of anilines is 1. The van der Waals surface area contributed by atoms with Gasteiger partial charge in [-0.2, -0.15) is 0 Å². The number of aryl methyl sites for hydroxylation is 1. The first-order valence-electron chi connectivity index (χ1n) is 5.39. The van der Waals surface area contributed by atoms with Crippen molar-refractivity contribution < 1.29 is 4.74 Å². The van der Waals surface area contributed by atoms with Crippen molar-refractivity contribution in [1.29, 1.82) is 0 Å². The van der Waals surface area contributed by atoms with Crippen molar-refractivity contribution in [2.24, 2.45) is 0 Å². The summed E-state index contributed by atoms with van der Waals surface area (Å²) in [7, 11) is 0. The van der Waals surface area contributed by atoms with Gasteiger partial charge in [0.05, 0.1) is 12.3 Å². The number of hydrogen-bond acceptors (Lipinski definition) is 5. The van der Waals surface area contributed by atoms with Crippen LogP contribution in [0.2, 0.25) is 5.15 Å². The van der Waals surface area contributed by atoms with Gasteiger partial charge < -0.3 is 9.64 Å². The Hall–Kier alpha value is -0.940. The molecule has 1 aliphatic rings. The number of ether oxygens (including phenoxy) is 1. The SMILES string of the molecule is Cc1nc(N2CCOCC[C@@H]2C)nnc1Cl. The molecule has 0 aliphatic carbocycles. The number of halogens is 1. The lowest BCUT2D eigenvalue weighted by molar-refractivity contribution is 0.150. The predicted molar refractivity (Wildman–Crippen MR) is 61.8 cm³/mol. The maximum absolute atomic E-state index is 5.81. The Labute approximate surface area is 99.8 Å². The van der Waals surface area contributed by atoms with Crippen molar-refractivity contribution in [2.75, 3.05) is 24.7 Å². The summed E-state index contributed by atoms with van der Waals surface area (Å²) in [5, 5.41) is 8.28. The minimum Gasteiger partial charge on any atom is -0.380 e. The van der Waals surface area contributed by atoms with Crippen molar-refractivity contribution in [2.45, 2.75) is 26.3 Å². The van der Waals surface area contributed by atoms with Crippen molar-refractivity contribution in [3.8, 4) is 0 Å². The van der Waals surface area contributed by atoms with Crippen LogP contribution in [0, 0.1) is 6.92 Å². The first-order chi connectivity index (χ1) is 7.68. The van der Waals surface area contributed by atoms with Crippen LogP contribution >= 0.6 is 11.6 Å². The second-order valence-electron chi connectivity index (χ2n) is 3.93. The quantitative estimate of drug-likeness (QED) is 0.746. The summed E-state index contributed by atoms with van der Waals surface area (Å²) in [6, 6.07) is 0.366. The van der Waals surface area contributed by atoms with Crippen LogP contribution in [-0.2, 0) is 4.74 Å². The van der Waals surface area contributed by atoms with E-state index >= 15 is 0 Å². The van der Waals surface area contributed by atoms with Crippen molar-refractivity contribution in [3.63, 3.8) is 0 Å². The van der Waals surface area contributed by atoms with Crippen LogP contribution in [0.4, 0.5) is 5.95 Å². The van der Waals surface area contributed by atoms with E-state index < -0.39 is 0 Å². The van der Waals surface area contributed by atoms with Crippen molar-refractivity contribution in [1.82, 2.24) is 15.2 Å². The first-order valence-corrected chi connectivity index (χ1v) is 5.77. The first kappa shape index (κ1) is 11.5. The van der Waals surface area contributed by atoms with Gasteiger partial charge in [0.2, 0.25) is 5.95 Å². The maximum Gasteiger partial charge on any atom is 0.245 e. The molecular formula is C10H15ClN4O. The summed E-state index contributed by atoms with van der Waals surface area (Å²) in [4.78, 5) is 6.47. The van der Waals surface area contributed by atoms with Gasteiger partial charge in [-0.05, 0) is 20.3 Å². The lowest BCUT2D eigenvalue weighted by Gasteiger charge is -2.25. The lowest BCUT2D eigenvalue weighted by atomic mass is 10.2. The fourth-order valence-corrected chi connectivity index (χ4v) is 1.77. The van der Waals surface area contributed by atoms with E-state index in [4.69, 9.17) is 16.3 Å². The van der Waals surface area contributed by atoms with Crippen LogP contribution in [0.5, 0.6) is 0 Å². The molecule has 0 amide bonds. The number of aromatic nitrogens is 3. The molecule has 1 atom stereocenters. The van der Waals surface area contributed by atoms with Crippen molar-refractivity contribution in [3.05, 3.63) is 10.8 Å². The van der Waals surface area contributed by atoms with Gasteiger partial charge in [0.15, 0.2) is 5.15 Å². The second kappa shape index (κ2) is 4.93. The smallest absolute Gasteiger partial charge is 0.245 e. The highest BCUT2D eigenvalue weighted by atomic mass is 35.5. The highest BCUT2D eigenvalue weighted by molar-refractivity contribution is 6.29. The third-order valence-electron chi connectivity index (χ3n) is 2.74. The summed E-state index contributed by atoms with van der Waals surface area (Å²) in [6.45, 7) is 6.26. The summed E-state index contributed by atoms with van der Waals surface area (Å²) >= 11 is 5.81. The number of rotatable bonds is 1. The molecule has 1 fully saturated rings. The molecule has 88 valence electrons. The fraction of sp³-hybridized carbons (Fsp3) is 0.700. The van der Waals surface area contributed by atoms with Gasteiger partial charge in [0.1, 0.15) is 0 Å². The Morgan fingerprint density at radius 3 is 2.94 bits per heavy atom. The molecule has 2 rings (SSSR count). The molecule has 5 nitrogen and oxygen atoms in total. The van der Waals surface area contributed by atoms with Crippen molar-refractivity contribution >= 4 is 17.5 Å². The van der Waals surface area contributed by atoms with Gasteiger partial charge in [-0.1, -0.05) is 11.6 Å². The van der Waals surface area contributed by atoms with E-state index in [1.807, 2.05) is 6.92 Å². The van der Waals surface area contributed by atoms with Crippen LogP contribution in [-0.4, -0.2) is 41.0 Å². The Balaban J connectivity index is 2.23. The third kappa shape index (κ3) is 2.41. The molecule has 0 N–H and O–H groups in total. The normalized spacial score (nSPS) is 21.9. The highest BCUT2D eigenvalue weighted by Gasteiger charge is 2.20. The standard InChI is InChI=1S/C10H15ClN4O/c1-7-3-5-16-6-4-15(7)10-12-8(2)9(11)13-14-10/h7H,3-6H2,1-2H3/t7-/m0/s1. The second-order valence-corrected chi connectivity index (χ2v) is 4.29. The Morgan fingerprint density at radius 1 is 1.38 bits per heavy atom. The average molecular weight is 243 g/mol. The number of nitrogens with zero attached hydrogens (tertiary/aromatic N) is 4. The van der Waals surface area contributed by atoms with Gasteiger partial charge in [0.25, 0.3) is 0 Å². The van der Waals surface area contributed by atoms with Gasteiger partial charge in [-0.3, -0.25) is 0 Å². The monoisotopic (exact) mass is 242 g/mol. The van der Waals surface area contributed by atoms with E-state index in [2.05, 4.69) is 27.0 Å². The van der Waals surface area contributed by atoms with Crippen LogP contribution in [0.1, 0.15) is 19.0 Å². The van der Waals surface area contributed by atoms with Crippen LogP contribution in [0.3, 0.4) is 0 Å².